The fourth-order valence-corrected chi connectivity index (χ4v) is 4.80. The number of rotatable bonds is 2. The number of amides is 1. The molecule has 4 heterocycles. The molecule has 0 spiro atoms. The number of ether oxygens (including phenoxy) is 1. The molecular formula is C28H34N6O2. The third kappa shape index (κ3) is 6.01. The van der Waals surface area contributed by atoms with E-state index in [1.165, 1.54) is 30.4 Å². The molecule has 3 aliphatic heterocycles. The van der Waals surface area contributed by atoms with Crippen LogP contribution in [0, 0.1) is 0 Å². The second-order valence-corrected chi connectivity index (χ2v) is 9.53. The van der Waals surface area contributed by atoms with Crippen molar-refractivity contribution in [2.24, 2.45) is 0 Å². The van der Waals surface area contributed by atoms with Gasteiger partial charge in [0.25, 0.3) is 5.91 Å². The van der Waals surface area contributed by atoms with Crippen LogP contribution < -0.4 is 16.4 Å². The fourth-order valence-electron chi connectivity index (χ4n) is 4.80. The molecule has 8 heteroatoms. The van der Waals surface area contributed by atoms with E-state index >= 15 is 0 Å². The number of aromatic nitrogens is 2. The number of likely N-dealkylation sites (tertiary alicyclic amines) is 1. The van der Waals surface area contributed by atoms with Crippen molar-refractivity contribution in [1.29, 1.82) is 0 Å². The molecule has 6 rings (SSSR count). The van der Waals surface area contributed by atoms with Crippen LogP contribution in [-0.4, -0.2) is 47.0 Å². The van der Waals surface area contributed by atoms with Gasteiger partial charge in [0.05, 0.1) is 12.3 Å². The van der Waals surface area contributed by atoms with Gasteiger partial charge in [-0.3, -0.25) is 9.69 Å². The van der Waals surface area contributed by atoms with E-state index in [-0.39, 0.29) is 5.91 Å². The molecular weight excluding hydrogens is 452 g/mol. The van der Waals surface area contributed by atoms with Crippen LogP contribution in [0.15, 0.2) is 48.7 Å². The highest BCUT2D eigenvalue weighted by molar-refractivity contribution is 5.96. The first-order chi connectivity index (χ1) is 17.7. The average Bonchev–Trinajstić information content (AvgIpc) is 2.89. The molecule has 4 N–H and O–H groups in total. The number of benzene rings is 2. The van der Waals surface area contributed by atoms with Gasteiger partial charge in [0.1, 0.15) is 0 Å². The molecule has 0 aliphatic carbocycles. The summed E-state index contributed by atoms with van der Waals surface area (Å²) in [6.45, 7) is 5.02. The van der Waals surface area contributed by atoms with E-state index < -0.39 is 0 Å². The SMILES string of the molecule is Nc1cc2ccc1-c1ccnc(n1)Nc1ccc(CN3CCCCC3)c(c1)COCCCCNC2=O. The number of carbonyl (C=O) groups excluding carboxylic acids is 1. The predicted molar refractivity (Wildman–Crippen MR) is 142 cm³/mol. The van der Waals surface area contributed by atoms with Gasteiger partial charge in [-0.25, -0.2) is 9.97 Å². The number of anilines is 3. The Kier molecular flexibility index (Phi) is 7.73. The van der Waals surface area contributed by atoms with E-state index in [9.17, 15) is 4.79 Å². The van der Waals surface area contributed by atoms with E-state index in [2.05, 4.69) is 43.7 Å². The Morgan fingerprint density at radius 1 is 1.00 bits per heavy atom. The molecule has 3 aliphatic rings. The van der Waals surface area contributed by atoms with Gasteiger partial charge >= 0.3 is 0 Å². The molecule has 0 radical (unpaired) electrons. The Hall–Kier alpha value is -3.49. The summed E-state index contributed by atoms with van der Waals surface area (Å²) < 4.78 is 6.07. The van der Waals surface area contributed by atoms with Crippen molar-refractivity contribution in [3.63, 3.8) is 0 Å². The molecule has 2 aromatic carbocycles. The second kappa shape index (κ2) is 11.5. The van der Waals surface area contributed by atoms with Crippen molar-refractivity contribution >= 4 is 23.2 Å². The third-order valence-electron chi connectivity index (χ3n) is 6.81. The van der Waals surface area contributed by atoms with Crippen molar-refractivity contribution in [1.82, 2.24) is 20.2 Å². The first kappa shape index (κ1) is 24.2. The first-order valence-electron chi connectivity index (χ1n) is 12.9. The van der Waals surface area contributed by atoms with Gasteiger partial charge in [-0.05, 0) is 86.3 Å². The molecule has 188 valence electrons. The maximum absolute atomic E-state index is 12.6. The highest BCUT2D eigenvalue weighted by Crippen LogP contribution is 2.27. The van der Waals surface area contributed by atoms with Crippen molar-refractivity contribution < 1.29 is 9.53 Å². The number of nitrogens with one attached hydrogen (secondary N) is 2. The summed E-state index contributed by atoms with van der Waals surface area (Å²) in [6, 6.07) is 13.6. The lowest BCUT2D eigenvalue weighted by Gasteiger charge is -2.27. The normalized spacial score (nSPS) is 17.4. The largest absolute Gasteiger partial charge is 0.398 e. The number of nitrogens with two attached hydrogens (primary N) is 1. The van der Waals surface area contributed by atoms with Gasteiger partial charge in [0.2, 0.25) is 5.95 Å². The van der Waals surface area contributed by atoms with Crippen LogP contribution in [-0.2, 0) is 17.9 Å². The number of piperidine rings is 1. The minimum Gasteiger partial charge on any atom is -0.398 e. The van der Waals surface area contributed by atoms with Crippen LogP contribution >= 0.6 is 0 Å². The average molecular weight is 487 g/mol. The molecule has 0 unspecified atom stereocenters. The zero-order valence-corrected chi connectivity index (χ0v) is 20.6. The Morgan fingerprint density at radius 3 is 2.75 bits per heavy atom. The smallest absolute Gasteiger partial charge is 0.251 e. The minimum absolute atomic E-state index is 0.129. The standard InChI is InChI=1S/C28H34N6O2/c29-25-17-20-7-9-24(25)26-10-12-31-28(33-26)32-23-8-6-21(18-34-13-3-1-4-14-34)22(16-23)19-36-15-5-2-11-30-27(20)35/h6-10,12,16-17H,1-5,11,13-15,18-19,29H2,(H,30,35)(H,31,32,33). The van der Waals surface area contributed by atoms with E-state index in [0.717, 1.165) is 43.7 Å². The van der Waals surface area contributed by atoms with E-state index in [1.54, 1.807) is 18.3 Å². The summed E-state index contributed by atoms with van der Waals surface area (Å²) in [5.41, 5.74) is 12.2. The van der Waals surface area contributed by atoms with Crippen LogP contribution in [0.5, 0.6) is 0 Å². The van der Waals surface area contributed by atoms with Gasteiger partial charge in [-0.1, -0.05) is 12.5 Å². The molecule has 1 aromatic heterocycles. The third-order valence-corrected chi connectivity index (χ3v) is 6.81. The lowest BCUT2D eigenvalue weighted by Crippen LogP contribution is -2.29. The predicted octanol–water partition coefficient (Wildman–Crippen LogP) is 4.50. The monoisotopic (exact) mass is 486 g/mol. The number of fused-ring (bicyclic) bond motifs is 9. The Bertz CT molecular complexity index is 1210. The summed E-state index contributed by atoms with van der Waals surface area (Å²) in [7, 11) is 0. The highest BCUT2D eigenvalue weighted by Gasteiger charge is 2.15. The van der Waals surface area contributed by atoms with Gasteiger partial charge in [-0.15, -0.1) is 0 Å². The zero-order valence-electron chi connectivity index (χ0n) is 20.6. The van der Waals surface area contributed by atoms with Gasteiger partial charge in [0.15, 0.2) is 0 Å². The van der Waals surface area contributed by atoms with E-state index in [1.807, 2.05) is 12.1 Å². The first-order valence-corrected chi connectivity index (χ1v) is 12.9. The number of carbonyl (C=O) groups is 1. The van der Waals surface area contributed by atoms with Crippen molar-refractivity contribution in [2.45, 2.75) is 45.3 Å². The Morgan fingerprint density at radius 2 is 1.89 bits per heavy atom. The van der Waals surface area contributed by atoms with Crippen LogP contribution in [0.3, 0.4) is 0 Å². The van der Waals surface area contributed by atoms with Crippen molar-refractivity contribution in [3.05, 3.63) is 65.4 Å². The Balaban J connectivity index is 1.43. The van der Waals surface area contributed by atoms with Crippen molar-refractivity contribution in [2.75, 3.05) is 37.3 Å². The topological polar surface area (TPSA) is 105 Å². The van der Waals surface area contributed by atoms with Crippen LogP contribution in [0.2, 0.25) is 0 Å². The summed E-state index contributed by atoms with van der Waals surface area (Å²) in [5.74, 6) is 0.359. The van der Waals surface area contributed by atoms with E-state index in [0.29, 0.717) is 42.7 Å². The number of nitrogen functional groups attached to an aromatic ring is 1. The van der Waals surface area contributed by atoms with Crippen LogP contribution in [0.25, 0.3) is 11.3 Å². The molecule has 1 fully saturated rings. The molecule has 0 saturated carbocycles. The molecule has 1 amide bonds. The molecule has 36 heavy (non-hydrogen) atoms. The molecule has 1 saturated heterocycles. The second-order valence-electron chi connectivity index (χ2n) is 9.53. The molecule has 6 bridgehead atoms. The maximum Gasteiger partial charge on any atom is 0.251 e. The molecule has 3 aromatic rings. The number of nitrogens with zero attached hydrogens (tertiary/aromatic N) is 3. The maximum atomic E-state index is 12.6. The van der Waals surface area contributed by atoms with Crippen LogP contribution in [0.1, 0.15) is 53.6 Å². The number of hydrogen-bond donors (Lipinski definition) is 3. The quantitative estimate of drug-likeness (QED) is 0.458. The fraction of sp³-hybridized carbons (Fsp3) is 0.393. The summed E-state index contributed by atoms with van der Waals surface area (Å²) >= 11 is 0. The van der Waals surface area contributed by atoms with Crippen LogP contribution in [0.4, 0.5) is 17.3 Å². The molecule has 8 nitrogen and oxygen atoms in total. The van der Waals surface area contributed by atoms with Gasteiger partial charge < -0.3 is 21.1 Å². The Labute approximate surface area is 212 Å². The minimum atomic E-state index is -0.129. The summed E-state index contributed by atoms with van der Waals surface area (Å²) in [5, 5.41) is 6.32. The lowest BCUT2D eigenvalue weighted by atomic mass is 10.0. The van der Waals surface area contributed by atoms with Crippen molar-refractivity contribution in [3.8, 4) is 11.3 Å². The molecule has 0 atom stereocenters. The van der Waals surface area contributed by atoms with E-state index in [4.69, 9.17) is 10.5 Å². The van der Waals surface area contributed by atoms with Gasteiger partial charge in [0, 0.05) is 48.4 Å². The number of hydrogen-bond acceptors (Lipinski definition) is 7. The lowest BCUT2D eigenvalue weighted by molar-refractivity contribution is 0.0945. The highest BCUT2D eigenvalue weighted by atomic mass is 16.5. The summed E-state index contributed by atoms with van der Waals surface area (Å²) in [4.78, 5) is 24.2. The zero-order chi connectivity index (χ0) is 24.7. The summed E-state index contributed by atoms with van der Waals surface area (Å²) in [6.07, 6.45) is 7.29. The van der Waals surface area contributed by atoms with Gasteiger partial charge in [-0.2, -0.15) is 0 Å².